The molecular weight excluding hydrogens is 426 g/mol. The average molecular weight is 446 g/mol. The van der Waals surface area contributed by atoms with Crippen molar-refractivity contribution in [3.63, 3.8) is 0 Å². The van der Waals surface area contributed by atoms with Crippen molar-refractivity contribution in [2.24, 2.45) is 0 Å². The third-order valence-electron chi connectivity index (χ3n) is 5.15. The minimum Gasteiger partial charge on any atom is -0.493 e. The molecule has 0 aliphatic rings. The Morgan fingerprint density at radius 3 is 2.41 bits per heavy atom. The first-order chi connectivity index (χ1) is 15.5. The Bertz CT molecular complexity index is 1390. The van der Waals surface area contributed by atoms with Crippen molar-refractivity contribution in [1.82, 2.24) is 4.98 Å². The Morgan fingerprint density at radius 2 is 1.69 bits per heavy atom. The van der Waals surface area contributed by atoms with Crippen molar-refractivity contribution in [3.05, 3.63) is 99.3 Å². The van der Waals surface area contributed by atoms with Crippen molar-refractivity contribution >= 4 is 34.4 Å². The molecule has 1 N–H and O–H groups in total. The van der Waals surface area contributed by atoms with Crippen molar-refractivity contribution in [3.8, 4) is 22.6 Å². The second-order valence-electron chi connectivity index (χ2n) is 7.04. The summed E-state index contributed by atoms with van der Waals surface area (Å²) in [7, 11) is 3.08. The molecule has 0 aliphatic heterocycles. The summed E-state index contributed by atoms with van der Waals surface area (Å²) in [5.41, 5.74) is 2.20. The van der Waals surface area contributed by atoms with Gasteiger partial charge in [0, 0.05) is 27.1 Å². The monoisotopic (exact) mass is 445 g/mol. The molecule has 0 radical (unpaired) electrons. The van der Waals surface area contributed by atoms with Gasteiger partial charge in [-0.15, -0.1) is 0 Å². The van der Waals surface area contributed by atoms with E-state index in [0.29, 0.717) is 33.2 Å². The molecule has 5 nitrogen and oxygen atoms in total. The molecule has 0 unspecified atom stereocenters. The predicted octanol–water partition coefficient (Wildman–Crippen LogP) is 5.76. The number of benzene rings is 3. The minimum atomic E-state index is -0.457. The molecule has 4 rings (SSSR count). The van der Waals surface area contributed by atoms with Gasteiger partial charge < -0.3 is 14.5 Å². The van der Waals surface area contributed by atoms with Gasteiger partial charge in [0.25, 0.3) is 5.56 Å². The van der Waals surface area contributed by atoms with Crippen LogP contribution in [0.4, 0.5) is 0 Å². The number of carbonyl (C=O) groups is 1. The summed E-state index contributed by atoms with van der Waals surface area (Å²) in [5.74, 6) is 0.628. The van der Waals surface area contributed by atoms with Crippen molar-refractivity contribution in [2.75, 3.05) is 14.2 Å². The lowest BCUT2D eigenvalue weighted by molar-refractivity contribution is 0.104. The van der Waals surface area contributed by atoms with Gasteiger partial charge in [-0.3, -0.25) is 9.59 Å². The Morgan fingerprint density at radius 1 is 0.938 bits per heavy atom. The highest BCUT2D eigenvalue weighted by Crippen LogP contribution is 2.33. The van der Waals surface area contributed by atoms with Gasteiger partial charge in [-0.1, -0.05) is 54.1 Å². The highest BCUT2D eigenvalue weighted by atomic mass is 35.5. The van der Waals surface area contributed by atoms with Crippen LogP contribution in [-0.4, -0.2) is 25.0 Å². The molecule has 0 saturated carbocycles. The van der Waals surface area contributed by atoms with Crippen LogP contribution < -0.4 is 15.0 Å². The zero-order chi connectivity index (χ0) is 22.7. The molecule has 6 heteroatoms. The number of fused-ring (bicyclic) bond motifs is 1. The lowest BCUT2D eigenvalue weighted by Gasteiger charge is -2.12. The standard InChI is InChI=1S/C26H20ClNO4/c1-31-22-9-5-6-17(25(22)32-2)12-15-21(29)24-23(16-10-13-18(27)14-11-16)19-7-3-4-8-20(19)28-26(24)30/h3-15H,1-2H3,(H,28,30). The maximum absolute atomic E-state index is 13.3. The lowest BCUT2D eigenvalue weighted by atomic mass is 9.94. The van der Waals surface area contributed by atoms with Gasteiger partial charge in [-0.2, -0.15) is 0 Å². The number of para-hydroxylation sites is 2. The summed E-state index contributed by atoms with van der Waals surface area (Å²) in [6.07, 6.45) is 2.99. The molecule has 0 atom stereocenters. The molecule has 0 spiro atoms. The number of halogens is 1. The summed E-state index contributed by atoms with van der Waals surface area (Å²) in [5, 5.41) is 1.34. The Kier molecular flexibility index (Phi) is 6.10. The number of hydrogen-bond acceptors (Lipinski definition) is 4. The topological polar surface area (TPSA) is 68.4 Å². The summed E-state index contributed by atoms with van der Waals surface area (Å²) < 4.78 is 10.7. The summed E-state index contributed by atoms with van der Waals surface area (Å²) >= 11 is 6.05. The van der Waals surface area contributed by atoms with E-state index in [4.69, 9.17) is 21.1 Å². The molecule has 0 aliphatic carbocycles. The number of allylic oxidation sites excluding steroid dienone is 1. The molecule has 0 bridgehead atoms. The van der Waals surface area contributed by atoms with Crippen molar-refractivity contribution in [1.29, 1.82) is 0 Å². The first kappa shape index (κ1) is 21.4. The Labute approximate surface area is 189 Å². The quantitative estimate of drug-likeness (QED) is 0.302. The van der Waals surface area contributed by atoms with Crippen LogP contribution in [0.25, 0.3) is 28.1 Å². The SMILES string of the molecule is COc1cccc(C=CC(=O)c2c(-c3ccc(Cl)cc3)c3ccccc3[nH]c2=O)c1OC. The number of aromatic amines is 1. The fourth-order valence-corrected chi connectivity index (χ4v) is 3.81. The normalized spacial score (nSPS) is 11.1. The van der Waals surface area contributed by atoms with Crippen LogP contribution in [0, 0.1) is 0 Å². The molecule has 1 heterocycles. The fourth-order valence-electron chi connectivity index (χ4n) is 3.69. The fraction of sp³-hybridized carbons (Fsp3) is 0.0769. The zero-order valence-corrected chi connectivity index (χ0v) is 18.3. The van der Waals surface area contributed by atoms with Crippen LogP contribution in [0.2, 0.25) is 5.02 Å². The molecule has 32 heavy (non-hydrogen) atoms. The first-order valence-electron chi connectivity index (χ1n) is 9.88. The van der Waals surface area contributed by atoms with Gasteiger partial charge in [0.1, 0.15) is 0 Å². The number of methoxy groups -OCH3 is 2. The van der Waals surface area contributed by atoms with Gasteiger partial charge >= 0.3 is 0 Å². The number of nitrogens with one attached hydrogen (secondary N) is 1. The van der Waals surface area contributed by atoms with Crippen LogP contribution in [0.15, 0.2) is 77.6 Å². The number of pyridine rings is 1. The highest BCUT2D eigenvalue weighted by molar-refractivity contribution is 6.30. The van der Waals surface area contributed by atoms with E-state index in [1.807, 2.05) is 18.2 Å². The van der Waals surface area contributed by atoms with E-state index in [1.54, 1.807) is 61.7 Å². The minimum absolute atomic E-state index is 0.0594. The van der Waals surface area contributed by atoms with Gasteiger partial charge in [0.15, 0.2) is 17.3 Å². The molecule has 0 amide bonds. The number of aromatic nitrogens is 1. The number of hydrogen-bond donors (Lipinski definition) is 1. The maximum atomic E-state index is 13.3. The maximum Gasteiger partial charge on any atom is 0.260 e. The Balaban J connectivity index is 1.88. The first-order valence-corrected chi connectivity index (χ1v) is 10.3. The third-order valence-corrected chi connectivity index (χ3v) is 5.40. The number of carbonyl (C=O) groups excluding carboxylic acids is 1. The zero-order valence-electron chi connectivity index (χ0n) is 17.5. The van der Waals surface area contributed by atoms with E-state index in [2.05, 4.69) is 4.98 Å². The van der Waals surface area contributed by atoms with E-state index in [0.717, 1.165) is 10.9 Å². The molecule has 4 aromatic rings. The van der Waals surface area contributed by atoms with Gasteiger partial charge in [0.2, 0.25) is 0 Å². The van der Waals surface area contributed by atoms with Gasteiger partial charge in [-0.25, -0.2) is 0 Å². The number of ether oxygens (including phenoxy) is 2. The molecule has 3 aromatic carbocycles. The van der Waals surface area contributed by atoms with Crippen molar-refractivity contribution < 1.29 is 14.3 Å². The van der Waals surface area contributed by atoms with Crippen LogP contribution in [-0.2, 0) is 0 Å². The molecular formula is C26H20ClNO4. The van der Waals surface area contributed by atoms with E-state index in [9.17, 15) is 9.59 Å². The lowest BCUT2D eigenvalue weighted by Crippen LogP contribution is -2.18. The smallest absolute Gasteiger partial charge is 0.260 e. The number of H-pyrrole nitrogens is 1. The van der Waals surface area contributed by atoms with Crippen molar-refractivity contribution in [2.45, 2.75) is 0 Å². The molecule has 0 saturated heterocycles. The van der Waals surface area contributed by atoms with E-state index >= 15 is 0 Å². The van der Waals surface area contributed by atoms with Crippen LogP contribution in [0.1, 0.15) is 15.9 Å². The van der Waals surface area contributed by atoms with Crippen LogP contribution in [0.3, 0.4) is 0 Å². The van der Waals surface area contributed by atoms with Gasteiger partial charge in [-0.05, 0) is 42.0 Å². The summed E-state index contributed by atoms with van der Waals surface area (Å²) in [4.78, 5) is 29.1. The molecule has 1 aromatic heterocycles. The second kappa shape index (κ2) is 9.12. The van der Waals surface area contributed by atoms with E-state index in [-0.39, 0.29) is 5.56 Å². The largest absolute Gasteiger partial charge is 0.493 e. The van der Waals surface area contributed by atoms with Gasteiger partial charge in [0.05, 0.1) is 19.8 Å². The Hall–Kier alpha value is -3.83. The third kappa shape index (κ3) is 4.03. The number of rotatable bonds is 6. The molecule has 160 valence electrons. The summed E-state index contributed by atoms with van der Waals surface area (Å²) in [6, 6.07) is 19.8. The number of ketones is 1. The van der Waals surface area contributed by atoms with Crippen LogP contribution in [0.5, 0.6) is 11.5 Å². The summed E-state index contributed by atoms with van der Waals surface area (Å²) in [6.45, 7) is 0. The van der Waals surface area contributed by atoms with Crippen LogP contribution >= 0.6 is 11.6 Å². The second-order valence-corrected chi connectivity index (χ2v) is 7.47. The van der Waals surface area contributed by atoms with E-state index < -0.39 is 11.3 Å². The highest BCUT2D eigenvalue weighted by Gasteiger charge is 2.19. The average Bonchev–Trinajstić information content (AvgIpc) is 2.81. The predicted molar refractivity (Wildman–Crippen MR) is 128 cm³/mol. The van der Waals surface area contributed by atoms with E-state index in [1.165, 1.54) is 13.2 Å². The molecule has 0 fully saturated rings.